The van der Waals surface area contributed by atoms with E-state index < -0.39 is 46.2 Å². The first kappa shape index (κ1) is 11.4. The van der Waals surface area contributed by atoms with E-state index in [9.17, 15) is 17.6 Å². The molecule has 0 aliphatic heterocycles. The standard InChI is InChI=1S/C11H11F4N/c1-11(2)7(10(11)16)6-8(14)4(12)3-5(13)9(6)15/h3,7,10H,16H2,1-2H3/t7-,10-/m0/s1. The van der Waals surface area contributed by atoms with E-state index in [1.165, 1.54) is 0 Å². The predicted molar refractivity (Wildman–Crippen MR) is 50.8 cm³/mol. The lowest BCUT2D eigenvalue weighted by molar-refractivity contribution is 0.432. The number of rotatable bonds is 1. The Morgan fingerprint density at radius 3 is 1.75 bits per heavy atom. The van der Waals surface area contributed by atoms with Crippen LogP contribution in [0.1, 0.15) is 25.3 Å². The van der Waals surface area contributed by atoms with Crippen LogP contribution in [0, 0.1) is 28.7 Å². The van der Waals surface area contributed by atoms with E-state index in [4.69, 9.17) is 5.73 Å². The average Bonchev–Trinajstić information content (AvgIpc) is 2.66. The van der Waals surface area contributed by atoms with E-state index in [2.05, 4.69) is 0 Å². The fourth-order valence-electron chi connectivity index (χ4n) is 2.09. The van der Waals surface area contributed by atoms with E-state index in [0.717, 1.165) is 0 Å². The number of benzene rings is 1. The van der Waals surface area contributed by atoms with Gasteiger partial charge in [-0.2, -0.15) is 0 Å². The molecular weight excluding hydrogens is 222 g/mol. The minimum Gasteiger partial charge on any atom is -0.327 e. The fraction of sp³-hybridized carbons (Fsp3) is 0.455. The van der Waals surface area contributed by atoms with Crippen LogP contribution in [-0.2, 0) is 0 Å². The van der Waals surface area contributed by atoms with Crippen LogP contribution in [0.25, 0.3) is 0 Å². The Kier molecular flexibility index (Phi) is 2.28. The summed E-state index contributed by atoms with van der Waals surface area (Å²) >= 11 is 0. The van der Waals surface area contributed by atoms with Gasteiger partial charge in [-0.1, -0.05) is 13.8 Å². The van der Waals surface area contributed by atoms with Crippen LogP contribution in [0.4, 0.5) is 17.6 Å². The molecule has 16 heavy (non-hydrogen) atoms. The maximum absolute atomic E-state index is 13.4. The molecular formula is C11H11F4N. The van der Waals surface area contributed by atoms with Gasteiger partial charge in [-0.05, 0) is 5.41 Å². The molecule has 0 bridgehead atoms. The van der Waals surface area contributed by atoms with E-state index in [0.29, 0.717) is 0 Å². The third-order valence-electron chi connectivity index (χ3n) is 3.37. The molecule has 0 radical (unpaired) electrons. The maximum Gasteiger partial charge on any atom is 0.165 e. The van der Waals surface area contributed by atoms with Crippen molar-refractivity contribution in [3.05, 3.63) is 34.9 Å². The average molecular weight is 233 g/mol. The SMILES string of the molecule is CC1(C)[C@@H](N)[C@@H]1c1c(F)c(F)cc(F)c1F. The maximum atomic E-state index is 13.4. The van der Waals surface area contributed by atoms with Gasteiger partial charge in [0.15, 0.2) is 23.3 Å². The van der Waals surface area contributed by atoms with Crippen molar-refractivity contribution < 1.29 is 17.6 Å². The number of hydrogen-bond acceptors (Lipinski definition) is 1. The fourth-order valence-corrected chi connectivity index (χ4v) is 2.09. The summed E-state index contributed by atoms with van der Waals surface area (Å²) in [6.45, 7) is 3.40. The largest absolute Gasteiger partial charge is 0.327 e. The van der Waals surface area contributed by atoms with E-state index in [1.807, 2.05) is 0 Å². The van der Waals surface area contributed by atoms with Crippen molar-refractivity contribution >= 4 is 0 Å². The Labute approximate surface area is 90.3 Å². The van der Waals surface area contributed by atoms with Crippen molar-refractivity contribution in [3.63, 3.8) is 0 Å². The Morgan fingerprint density at radius 2 is 1.44 bits per heavy atom. The van der Waals surface area contributed by atoms with Gasteiger partial charge in [-0.3, -0.25) is 0 Å². The summed E-state index contributed by atoms with van der Waals surface area (Å²) in [6.07, 6.45) is 0. The van der Waals surface area contributed by atoms with Crippen molar-refractivity contribution in [3.8, 4) is 0 Å². The second kappa shape index (κ2) is 3.20. The van der Waals surface area contributed by atoms with Gasteiger partial charge in [0, 0.05) is 23.6 Å². The molecule has 1 fully saturated rings. The third kappa shape index (κ3) is 1.34. The summed E-state index contributed by atoms with van der Waals surface area (Å²) < 4.78 is 52.8. The molecule has 2 rings (SSSR count). The van der Waals surface area contributed by atoms with Gasteiger partial charge in [-0.15, -0.1) is 0 Å². The zero-order chi connectivity index (χ0) is 12.2. The highest BCUT2D eigenvalue weighted by Crippen LogP contribution is 2.58. The van der Waals surface area contributed by atoms with Crippen LogP contribution >= 0.6 is 0 Å². The van der Waals surface area contributed by atoms with Gasteiger partial charge in [-0.25, -0.2) is 17.6 Å². The van der Waals surface area contributed by atoms with Gasteiger partial charge in [0.05, 0.1) is 0 Å². The molecule has 2 N–H and O–H groups in total. The minimum absolute atomic E-state index is 0.203. The van der Waals surface area contributed by atoms with Crippen LogP contribution in [0.5, 0.6) is 0 Å². The van der Waals surface area contributed by atoms with Crippen molar-refractivity contribution in [1.29, 1.82) is 0 Å². The molecule has 1 aliphatic carbocycles. The van der Waals surface area contributed by atoms with Crippen LogP contribution in [-0.4, -0.2) is 6.04 Å². The molecule has 88 valence electrons. The molecule has 1 aromatic rings. The molecule has 0 heterocycles. The van der Waals surface area contributed by atoms with Crippen LogP contribution in [0.15, 0.2) is 6.07 Å². The Hall–Kier alpha value is -1.10. The van der Waals surface area contributed by atoms with Crippen molar-refractivity contribution in [2.45, 2.75) is 25.8 Å². The number of hydrogen-bond donors (Lipinski definition) is 1. The second-order valence-corrected chi connectivity index (χ2v) is 4.71. The molecule has 0 unspecified atom stereocenters. The number of halogens is 4. The number of nitrogens with two attached hydrogens (primary N) is 1. The molecule has 0 amide bonds. The van der Waals surface area contributed by atoms with Gasteiger partial charge in [0.2, 0.25) is 0 Å². The first-order chi connectivity index (χ1) is 7.28. The zero-order valence-corrected chi connectivity index (χ0v) is 8.82. The monoisotopic (exact) mass is 233 g/mol. The lowest BCUT2D eigenvalue weighted by Gasteiger charge is -2.07. The minimum atomic E-state index is -1.39. The highest BCUT2D eigenvalue weighted by atomic mass is 19.2. The molecule has 1 aliphatic rings. The summed E-state index contributed by atoms with van der Waals surface area (Å²) in [5.41, 5.74) is 4.52. The summed E-state index contributed by atoms with van der Waals surface area (Å²) in [6, 6.07) is -0.285. The van der Waals surface area contributed by atoms with Crippen LogP contribution < -0.4 is 5.73 Å². The molecule has 1 aromatic carbocycles. The van der Waals surface area contributed by atoms with Crippen LogP contribution in [0.2, 0.25) is 0 Å². The molecule has 0 spiro atoms. The molecule has 0 aromatic heterocycles. The van der Waals surface area contributed by atoms with Crippen LogP contribution in [0.3, 0.4) is 0 Å². The summed E-state index contributed by atoms with van der Waals surface area (Å²) in [5.74, 6) is -6.14. The van der Waals surface area contributed by atoms with E-state index in [-0.39, 0.29) is 6.07 Å². The predicted octanol–water partition coefficient (Wildman–Crippen LogP) is 2.69. The lowest BCUT2D eigenvalue weighted by Crippen LogP contribution is -2.08. The van der Waals surface area contributed by atoms with Gasteiger partial charge < -0.3 is 5.73 Å². The second-order valence-electron chi connectivity index (χ2n) is 4.71. The van der Waals surface area contributed by atoms with Crippen molar-refractivity contribution in [2.24, 2.45) is 11.1 Å². The molecule has 1 nitrogen and oxygen atoms in total. The first-order valence-electron chi connectivity index (χ1n) is 4.87. The van der Waals surface area contributed by atoms with Crippen molar-refractivity contribution in [2.75, 3.05) is 0 Å². The molecule has 5 heteroatoms. The van der Waals surface area contributed by atoms with E-state index in [1.54, 1.807) is 13.8 Å². The Bertz CT molecular complexity index is 430. The topological polar surface area (TPSA) is 26.0 Å². The molecule has 1 saturated carbocycles. The molecule has 0 saturated heterocycles. The quantitative estimate of drug-likeness (QED) is 0.585. The molecule has 2 atom stereocenters. The van der Waals surface area contributed by atoms with Gasteiger partial charge in [0.1, 0.15) is 0 Å². The van der Waals surface area contributed by atoms with Gasteiger partial charge in [0.25, 0.3) is 0 Å². The van der Waals surface area contributed by atoms with Gasteiger partial charge >= 0.3 is 0 Å². The zero-order valence-electron chi connectivity index (χ0n) is 8.82. The van der Waals surface area contributed by atoms with E-state index >= 15 is 0 Å². The smallest absolute Gasteiger partial charge is 0.165 e. The lowest BCUT2D eigenvalue weighted by atomic mass is 10.0. The summed E-state index contributed by atoms with van der Waals surface area (Å²) in [4.78, 5) is 0. The highest BCUT2D eigenvalue weighted by molar-refractivity contribution is 5.37. The first-order valence-corrected chi connectivity index (χ1v) is 4.87. The highest BCUT2D eigenvalue weighted by Gasteiger charge is 2.58. The normalized spacial score (nSPS) is 26.9. The summed E-state index contributed by atoms with van der Waals surface area (Å²) in [5, 5.41) is 0. The van der Waals surface area contributed by atoms with Crippen molar-refractivity contribution in [1.82, 2.24) is 0 Å². The third-order valence-corrected chi connectivity index (χ3v) is 3.37. The Morgan fingerprint density at radius 1 is 1.06 bits per heavy atom. The summed E-state index contributed by atoms with van der Waals surface area (Å²) in [7, 11) is 0. The Balaban J connectivity index is 2.58.